The molecule has 0 spiro atoms. The molecular weight excluding hydrogens is 407 g/mol. The van der Waals surface area contributed by atoms with Crippen LogP contribution in [0.3, 0.4) is 0 Å². The fourth-order valence-corrected chi connectivity index (χ4v) is 3.07. The van der Waals surface area contributed by atoms with E-state index in [-0.39, 0.29) is 49.9 Å². The van der Waals surface area contributed by atoms with Crippen molar-refractivity contribution in [3.63, 3.8) is 0 Å². The number of aryl methyl sites for hydroxylation is 1. The molecule has 1 rings (SSSR count). The molecule has 170 valence electrons. The Labute approximate surface area is 178 Å². The van der Waals surface area contributed by atoms with E-state index in [4.69, 9.17) is 20.7 Å². The highest BCUT2D eigenvalue weighted by atomic mass is 35.5. The van der Waals surface area contributed by atoms with E-state index >= 15 is 0 Å². The highest BCUT2D eigenvalue weighted by Crippen LogP contribution is 2.37. The summed E-state index contributed by atoms with van der Waals surface area (Å²) in [7, 11) is 0. The van der Waals surface area contributed by atoms with Crippen LogP contribution < -0.4 is 10.5 Å². The molecule has 1 unspecified atom stereocenters. The molecule has 0 aliphatic heterocycles. The molecule has 8 heteroatoms. The van der Waals surface area contributed by atoms with E-state index < -0.39 is 11.7 Å². The topological polar surface area (TPSA) is 75.7 Å². The van der Waals surface area contributed by atoms with Gasteiger partial charge in [0.1, 0.15) is 5.75 Å². The number of unbranched alkanes of at least 4 members (excludes halogenated alkanes) is 4. The summed E-state index contributed by atoms with van der Waals surface area (Å²) in [6.45, 7) is 2.07. The van der Waals surface area contributed by atoms with Gasteiger partial charge in [-0.05, 0) is 43.4 Å². The summed E-state index contributed by atoms with van der Waals surface area (Å²) < 4.78 is 45.6. The van der Waals surface area contributed by atoms with Gasteiger partial charge in [0.25, 0.3) is 0 Å². The molecular formula is C21H35ClF3NO3. The van der Waals surface area contributed by atoms with Gasteiger partial charge in [0, 0.05) is 25.2 Å². The van der Waals surface area contributed by atoms with Crippen molar-refractivity contribution in [2.24, 2.45) is 11.7 Å². The Kier molecular flexibility index (Phi) is 14.4. The maximum Gasteiger partial charge on any atom is 0.419 e. The Bertz CT molecular complexity index is 554. The molecule has 0 amide bonds. The van der Waals surface area contributed by atoms with Gasteiger partial charge in [0.05, 0.1) is 12.2 Å². The summed E-state index contributed by atoms with van der Waals surface area (Å²) in [6, 6.07) is 3.87. The average Bonchev–Trinajstić information content (AvgIpc) is 2.66. The number of benzene rings is 1. The van der Waals surface area contributed by atoms with Gasteiger partial charge in [-0.25, -0.2) is 0 Å². The minimum Gasteiger partial charge on any atom is -0.493 e. The minimum atomic E-state index is -4.48. The third kappa shape index (κ3) is 11.1. The second-order valence-electron chi connectivity index (χ2n) is 7.36. The van der Waals surface area contributed by atoms with E-state index in [0.29, 0.717) is 24.8 Å². The van der Waals surface area contributed by atoms with Gasteiger partial charge in [0.2, 0.25) is 0 Å². The number of rotatable bonds is 14. The lowest BCUT2D eigenvalue weighted by atomic mass is 9.96. The number of aliphatic hydroxyl groups is 2. The number of ether oxygens (including phenoxy) is 1. The number of nitrogens with two attached hydrogens (primary N) is 1. The predicted molar refractivity (Wildman–Crippen MR) is 112 cm³/mol. The van der Waals surface area contributed by atoms with Gasteiger partial charge in [0.15, 0.2) is 0 Å². The molecule has 0 heterocycles. The van der Waals surface area contributed by atoms with Crippen LogP contribution in [0.15, 0.2) is 18.2 Å². The minimum absolute atomic E-state index is 0. The van der Waals surface area contributed by atoms with Crippen LogP contribution in [0, 0.1) is 5.92 Å². The van der Waals surface area contributed by atoms with Gasteiger partial charge >= 0.3 is 6.18 Å². The second-order valence-corrected chi connectivity index (χ2v) is 7.36. The van der Waals surface area contributed by atoms with Crippen LogP contribution in [0.2, 0.25) is 0 Å². The number of hydrogen-bond donors (Lipinski definition) is 3. The zero-order chi connectivity index (χ0) is 21.0. The third-order valence-corrected chi connectivity index (χ3v) is 4.81. The Morgan fingerprint density at radius 3 is 2.31 bits per heavy atom. The zero-order valence-electron chi connectivity index (χ0n) is 17.1. The van der Waals surface area contributed by atoms with Crippen LogP contribution in [0.4, 0.5) is 13.2 Å². The SMILES string of the molecule is CCCCCCCOc1ccc(CCC(N)CC(CO)CO)cc1C(F)(F)F.Cl. The first-order chi connectivity index (χ1) is 13.3. The summed E-state index contributed by atoms with van der Waals surface area (Å²) in [5, 5.41) is 18.2. The number of halogens is 4. The summed E-state index contributed by atoms with van der Waals surface area (Å²) in [6.07, 6.45) is 1.83. The maximum atomic E-state index is 13.4. The Morgan fingerprint density at radius 1 is 1.07 bits per heavy atom. The fourth-order valence-electron chi connectivity index (χ4n) is 3.07. The van der Waals surface area contributed by atoms with Crippen molar-refractivity contribution in [2.45, 2.75) is 70.5 Å². The quantitative estimate of drug-likeness (QED) is 0.365. The van der Waals surface area contributed by atoms with Crippen LogP contribution in [-0.2, 0) is 12.6 Å². The first kappa shape index (κ1) is 28.0. The monoisotopic (exact) mass is 441 g/mol. The molecule has 0 bridgehead atoms. The van der Waals surface area contributed by atoms with Gasteiger partial charge in [-0.15, -0.1) is 12.4 Å². The predicted octanol–water partition coefficient (Wildman–Crippen LogP) is 4.73. The molecule has 29 heavy (non-hydrogen) atoms. The molecule has 0 aromatic heterocycles. The van der Waals surface area contributed by atoms with E-state index in [9.17, 15) is 13.2 Å². The normalized spacial score (nSPS) is 12.7. The Hall–Kier alpha value is -1.02. The smallest absolute Gasteiger partial charge is 0.419 e. The van der Waals surface area contributed by atoms with Crippen LogP contribution in [0.25, 0.3) is 0 Å². The Morgan fingerprint density at radius 2 is 1.72 bits per heavy atom. The highest BCUT2D eigenvalue weighted by molar-refractivity contribution is 5.85. The van der Waals surface area contributed by atoms with E-state index in [1.54, 1.807) is 6.07 Å². The van der Waals surface area contributed by atoms with Crippen LogP contribution in [0.1, 0.15) is 63.0 Å². The maximum absolute atomic E-state index is 13.4. The lowest BCUT2D eigenvalue weighted by Gasteiger charge is -2.18. The first-order valence-corrected chi connectivity index (χ1v) is 10.1. The van der Waals surface area contributed by atoms with Crippen molar-refractivity contribution >= 4 is 12.4 Å². The largest absolute Gasteiger partial charge is 0.493 e. The molecule has 4 N–H and O–H groups in total. The molecule has 0 radical (unpaired) electrons. The number of aliphatic hydroxyl groups excluding tert-OH is 2. The van der Waals surface area contributed by atoms with Crippen molar-refractivity contribution in [3.8, 4) is 5.75 Å². The molecule has 0 fully saturated rings. The lowest BCUT2D eigenvalue weighted by molar-refractivity contribution is -0.139. The van der Waals surface area contributed by atoms with E-state index in [2.05, 4.69) is 6.92 Å². The number of hydrogen-bond acceptors (Lipinski definition) is 4. The lowest BCUT2D eigenvalue weighted by Crippen LogP contribution is -2.27. The molecule has 1 aromatic carbocycles. The van der Waals surface area contributed by atoms with Gasteiger partial charge in [-0.1, -0.05) is 38.7 Å². The van der Waals surface area contributed by atoms with Crippen LogP contribution >= 0.6 is 12.4 Å². The second kappa shape index (κ2) is 14.9. The molecule has 1 atom stereocenters. The standard InChI is InChI=1S/C21H34F3NO3.ClH/c1-2-3-4-5-6-11-28-20-10-8-16(13-19(20)21(22,23)24)7-9-18(25)12-17(14-26)15-27;/h8,10,13,17-18,26-27H,2-7,9,11-12,14-15,25H2,1H3;1H. The van der Waals surface area contributed by atoms with E-state index in [0.717, 1.165) is 38.2 Å². The zero-order valence-corrected chi connectivity index (χ0v) is 17.9. The van der Waals surface area contributed by atoms with Gasteiger partial charge < -0.3 is 20.7 Å². The highest BCUT2D eigenvalue weighted by Gasteiger charge is 2.34. The van der Waals surface area contributed by atoms with Crippen molar-refractivity contribution < 1.29 is 28.1 Å². The van der Waals surface area contributed by atoms with Crippen molar-refractivity contribution in [1.29, 1.82) is 0 Å². The fraction of sp³-hybridized carbons (Fsp3) is 0.714. The molecule has 4 nitrogen and oxygen atoms in total. The Balaban J connectivity index is 0.00000784. The van der Waals surface area contributed by atoms with Crippen LogP contribution in [-0.4, -0.2) is 36.1 Å². The summed E-state index contributed by atoms with van der Waals surface area (Å²) in [5.74, 6) is -0.425. The van der Waals surface area contributed by atoms with Crippen molar-refractivity contribution in [3.05, 3.63) is 29.3 Å². The molecule has 1 aromatic rings. The van der Waals surface area contributed by atoms with E-state index in [1.807, 2.05) is 0 Å². The van der Waals surface area contributed by atoms with E-state index in [1.165, 1.54) is 6.07 Å². The van der Waals surface area contributed by atoms with Gasteiger partial charge in [-0.3, -0.25) is 0 Å². The average molecular weight is 442 g/mol. The summed E-state index contributed by atoms with van der Waals surface area (Å²) >= 11 is 0. The van der Waals surface area contributed by atoms with Crippen molar-refractivity contribution in [1.82, 2.24) is 0 Å². The molecule has 0 saturated heterocycles. The first-order valence-electron chi connectivity index (χ1n) is 10.1. The van der Waals surface area contributed by atoms with Gasteiger partial charge in [-0.2, -0.15) is 13.2 Å². The van der Waals surface area contributed by atoms with Crippen LogP contribution in [0.5, 0.6) is 5.75 Å². The molecule has 0 aliphatic carbocycles. The molecule has 0 saturated carbocycles. The molecule has 0 aliphatic rings. The van der Waals surface area contributed by atoms with Crippen molar-refractivity contribution in [2.75, 3.05) is 19.8 Å². The third-order valence-electron chi connectivity index (χ3n) is 4.81. The number of alkyl halides is 3. The summed E-state index contributed by atoms with van der Waals surface area (Å²) in [5.41, 5.74) is 5.76. The summed E-state index contributed by atoms with van der Waals surface area (Å²) in [4.78, 5) is 0.